The summed E-state index contributed by atoms with van der Waals surface area (Å²) in [4.78, 5) is 11.8. The number of carbonyl (C=O) groups excluding carboxylic acids is 1. The summed E-state index contributed by atoms with van der Waals surface area (Å²) in [5, 5.41) is 21.6. The fourth-order valence-corrected chi connectivity index (χ4v) is 1.55. The fraction of sp³-hybridized carbons (Fsp3) is 0.417. The van der Waals surface area contributed by atoms with Crippen LogP contribution in [0.15, 0.2) is 18.2 Å². The number of nitrogens with one attached hydrogen (secondary N) is 1. The molecule has 0 fully saturated rings. The Bertz CT molecular complexity index is 393. The maximum atomic E-state index is 11.8. The molecule has 0 aliphatic rings. The number of hydrogen-bond donors (Lipinski definition) is 4. The summed E-state index contributed by atoms with van der Waals surface area (Å²) in [6, 6.07) is 3.83. The predicted molar refractivity (Wildman–Crippen MR) is 65.0 cm³/mol. The van der Waals surface area contributed by atoms with Crippen molar-refractivity contribution in [3.05, 3.63) is 23.8 Å². The van der Waals surface area contributed by atoms with Gasteiger partial charge in [0.15, 0.2) is 0 Å². The lowest BCUT2D eigenvalue weighted by Crippen LogP contribution is -2.35. The highest BCUT2D eigenvalue weighted by molar-refractivity contribution is 5.97. The van der Waals surface area contributed by atoms with Gasteiger partial charge in [0.25, 0.3) is 5.91 Å². The lowest BCUT2D eigenvalue weighted by Gasteiger charge is -2.16. The zero-order valence-electron chi connectivity index (χ0n) is 9.81. The van der Waals surface area contributed by atoms with E-state index in [0.29, 0.717) is 13.0 Å². The van der Waals surface area contributed by atoms with E-state index in [1.54, 1.807) is 0 Å². The summed E-state index contributed by atoms with van der Waals surface area (Å²) in [6.07, 6.45) is 1.45. The van der Waals surface area contributed by atoms with Gasteiger partial charge in [0, 0.05) is 6.04 Å². The molecule has 0 aliphatic heterocycles. The van der Waals surface area contributed by atoms with Crippen LogP contribution in [0.25, 0.3) is 0 Å². The van der Waals surface area contributed by atoms with Crippen molar-refractivity contribution in [3.63, 3.8) is 0 Å². The Balaban J connectivity index is 2.78. The average molecular weight is 238 g/mol. The number of phenolic OH excluding ortho intramolecular Hbond substituents is 2. The zero-order chi connectivity index (χ0) is 12.8. The summed E-state index contributed by atoms with van der Waals surface area (Å²) in [5.41, 5.74) is 5.50. The Morgan fingerprint density at radius 2 is 2.18 bits per heavy atom. The number of amides is 1. The van der Waals surface area contributed by atoms with E-state index in [1.807, 2.05) is 6.92 Å². The Morgan fingerprint density at radius 1 is 1.47 bits per heavy atom. The SMILES string of the molecule is CCC(CCN)NC(=O)c1cc(O)ccc1O. The number of carbonyl (C=O) groups is 1. The summed E-state index contributed by atoms with van der Waals surface area (Å²) in [5.74, 6) is -0.610. The number of aromatic hydroxyl groups is 2. The lowest BCUT2D eigenvalue weighted by molar-refractivity contribution is 0.0931. The van der Waals surface area contributed by atoms with Crippen LogP contribution in [0.5, 0.6) is 11.5 Å². The molecule has 1 unspecified atom stereocenters. The molecular weight excluding hydrogens is 220 g/mol. The highest BCUT2D eigenvalue weighted by Gasteiger charge is 2.15. The van der Waals surface area contributed by atoms with Crippen LogP contribution in [0.2, 0.25) is 0 Å². The molecule has 0 radical (unpaired) electrons. The van der Waals surface area contributed by atoms with Gasteiger partial charge >= 0.3 is 0 Å². The van der Waals surface area contributed by atoms with Crippen molar-refractivity contribution in [2.24, 2.45) is 5.73 Å². The van der Waals surface area contributed by atoms with Crippen LogP contribution < -0.4 is 11.1 Å². The quantitative estimate of drug-likeness (QED) is 0.574. The van der Waals surface area contributed by atoms with Gasteiger partial charge in [-0.05, 0) is 37.6 Å². The normalized spacial score (nSPS) is 12.1. The van der Waals surface area contributed by atoms with Crippen LogP contribution >= 0.6 is 0 Å². The molecule has 5 nitrogen and oxygen atoms in total. The summed E-state index contributed by atoms with van der Waals surface area (Å²) >= 11 is 0. The van der Waals surface area contributed by atoms with Gasteiger partial charge in [-0.3, -0.25) is 4.79 Å². The first kappa shape index (κ1) is 13.3. The van der Waals surface area contributed by atoms with E-state index in [0.717, 1.165) is 6.42 Å². The minimum atomic E-state index is -0.404. The predicted octanol–water partition coefficient (Wildman–Crippen LogP) is 0.955. The summed E-state index contributed by atoms with van der Waals surface area (Å²) in [7, 11) is 0. The topological polar surface area (TPSA) is 95.6 Å². The number of nitrogens with two attached hydrogens (primary N) is 1. The zero-order valence-corrected chi connectivity index (χ0v) is 9.81. The van der Waals surface area contributed by atoms with Crippen LogP contribution in [0, 0.1) is 0 Å². The molecule has 0 heterocycles. The van der Waals surface area contributed by atoms with Crippen LogP contribution in [0.1, 0.15) is 30.1 Å². The third kappa shape index (κ3) is 3.64. The van der Waals surface area contributed by atoms with E-state index in [1.165, 1.54) is 18.2 Å². The largest absolute Gasteiger partial charge is 0.508 e. The highest BCUT2D eigenvalue weighted by atomic mass is 16.3. The van der Waals surface area contributed by atoms with Gasteiger partial charge < -0.3 is 21.3 Å². The smallest absolute Gasteiger partial charge is 0.255 e. The van der Waals surface area contributed by atoms with Gasteiger partial charge in [-0.25, -0.2) is 0 Å². The van der Waals surface area contributed by atoms with Crippen molar-refractivity contribution in [2.75, 3.05) is 6.54 Å². The van der Waals surface area contributed by atoms with Crippen molar-refractivity contribution in [3.8, 4) is 11.5 Å². The number of phenols is 2. The molecule has 1 rings (SSSR count). The highest BCUT2D eigenvalue weighted by Crippen LogP contribution is 2.22. The molecule has 94 valence electrons. The first-order chi connectivity index (χ1) is 8.08. The molecule has 5 heteroatoms. The number of benzene rings is 1. The van der Waals surface area contributed by atoms with Crippen LogP contribution in [0.3, 0.4) is 0 Å². The second-order valence-electron chi connectivity index (χ2n) is 3.86. The molecule has 1 aromatic rings. The van der Waals surface area contributed by atoms with Crippen LogP contribution in [-0.2, 0) is 0 Å². The van der Waals surface area contributed by atoms with Gasteiger partial charge in [0.05, 0.1) is 5.56 Å². The maximum Gasteiger partial charge on any atom is 0.255 e. The van der Waals surface area contributed by atoms with Crippen molar-refractivity contribution >= 4 is 5.91 Å². The van der Waals surface area contributed by atoms with E-state index in [2.05, 4.69) is 5.32 Å². The molecule has 0 spiro atoms. The van der Waals surface area contributed by atoms with Crippen LogP contribution in [-0.4, -0.2) is 28.7 Å². The van der Waals surface area contributed by atoms with E-state index in [-0.39, 0.29) is 23.1 Å². The van der Waals surface area contributed by atoms with E-state index < -0.39 is 5.91 Å². The minimum absolute atomic E-state index is 0.0192. The Kier molecular flexibility index (Phi) is 4.78. The molecule has 0 saturated heterocycles. The van der Waals surface area contributed by atoms with E-state index in [4.69, 9.17) is 5.73 Å². The molecule has 1 amide bonds. The van der Waals surface area contributed by atoms with E-state index in [9.17, 15) is 15.0 Å². The molecule has 0 saturated carbocycles. The lowest BCUT2D eigenvalue weighted by atomic mass is 10.1. The van der Waals surface area contributed by atoms with Crippen molar-refractivity contribution in [1.82, 2.24) is 5.32 Å². The third-order valence-electron chi connectivity index (χ3n) is 2.57. The van der Waals surface area contributed by atoms with Gasteiger partial charge in [0.2, 0.25) is 0 Å². The molecule has 0 aliphatic carbocycles. The first-order valence-electron chi connectivity index (χ1n) is 5.61. The first-order valence-corrected chi connectivity index (χ1v) is 5.61. The molecular formula is C12H18N2O3. The standard InChI is InChI=1S/C12H18N2O3/c1-2-8(5-6-13)14-12(17)10-7-9(15)3-4-11(10)16/h3-4,7-8,15-16H,2,5-6,13H2,1H3,(H,14,17). The fourth-order valence-electron chi connectivity index (χ4n) is 1.55. The van der Waals surface area contributed by atoms with Gasteiger partial charge in [0.1, 0.15) is 11.5 Å². The average Bonchev–Trinajstić information content (AvgIpc) is 2.31. The molecule has 5 N–H and O–H groups in total. The second kappa shape index (κ2) is 6.10. The second-order valence-corrected chi connectivity index (χ2v) is 3.86. The van der Waals surface area contributed by atoms with E-state index >= 15 is 0 Å². The summed E-state index contributed by atoms with van der Waals surface area (Å²) in [6.45, 7) is 2.44. The molecule has 0 aromatic heterocycles. The maximum absolute atomic E-state index is 11.8. The van der Waals surface area contributed by atoms with Crippen molar-refractivity contribution < 1.29 is 15.0 Å². The van der Waals surface area contributed by atoms with Gasteiger partial charge in [-0.2, -0.15) is 0 Å². The Hall–Kier alpha value is -1.75. The van der Waals surface area contributed by atoms with Gasteiger partial charge in [-0.1, -0.05) is 6.92 Å². The minimum Gasteiger partial charge on any atom is -0.508 e. The molecule has 1 atom stereocenters. The van der Waals surface area contributed by atoms with Crippen LogP contribution in [0.4, 0.5) is 0 Å². The monoisotopic (exact) mass is 238 g/mol. The van der Waals surface area contributed by atoms with Crippen molar-refractivity contribution in [2.45, 2.75) is 25.8 Å². The van der Waals surface area contributed by atoms with Crippen molar-refractivity contribution in [1.29, 1.82) is 0 Å². The van der Waals surface area contributed by atoms with Gasteiger partial charge in [-0.15, -0.1) is 0 Å². The Labute approximate surface area is 100 Å². The third-order valence-corrected chi connectivity index (χ3v) is 2.57. The molecule has 0 bridgehead atoms. The number of hydrogen-bond acceptors (Lipinski definition) is 4. The molecule has 1 aromatic carbocycles. The summed E-state index contributed by atoms with van der Waals surface area (Å²) < 4.78 is 0. The number of rotatable bonds is 5. The molecule has 17 heavy (non-hydrogen) atoms. The Morgan fingerprint density at radius 3 is 2.76 bits per heavy atom.